The molecule has 4 aliphatic rings. The zero-order valence-electron chi connectivity index (χ0n) is 26.5. The van der Waals surface area contributed by atoms with E-state index < -0.39 is 31.5 Å². The number of carbonyl (C=O) groups excluding carboxylic acids is 3. The lowest BCUT2D eigenvalue weighted by atomic mass is 9.82. The van der Waals surface area contributed by atoms with Crippen molar-refractivity contribution in [3.05, 3.63) is 59.7 Å². The minimum atomic E-state index is -2.98. The molecule has 6 atom stereocenters. The SMILES string of the molecule is C[C@H]1[C@H]([Si](C)(C)O)[C@@H](CC(=O)N2CCC[C@H]2CO)O[C@]12C(=O)N(Cc1ccccc1)c1ccc(NC(=O)C3CCCNC3)cc12. The zero-order chi connectivity index (χ0) is 31.9. The molecule has 4 heterocycles. The number of benzene rings is 2. The summed E-state index contributed by atoms with van der Waals surface area (Å²) in [5, 5.41) is 16.2. The summed E-state index contributed by atoms with van der Waals surface area (Å²) in [5.41, 5.74) is 1.08. The topological polar surface area (TPSA) is 131 Å². The highest BCUT2D eigenvalue weighted by molar-refractivity contribution is 6.71. The van der Waals surface area contributed by atoms with Gasteiger partial charge in [0.15, 0.2) is 13.9 Å². The summed E-state index contributed by atoms with van der Waals surface area (Å²) in [7, 11) is -2.98. The lowest BCUT2D eigenvalue weighted by Crippen LogP contribution is -2.46. The lowest BCUT2D eigenvalue weighted by molar-refractivity contribution is -0.150. The third-order valence-corrected chi connectivity index (χ3v) is 12.9. The van der Waals surface area contributed by atoms with Crippen LogP contribution in [0.25, 0.3) is 0 Å². The minimum Gasteiger partial charge on any atom is -0.432 e. The molecule has 0 aliphatic carbocycles. The molecule has 0 saturated carbocycles. The summed E-state index contributed by atoms with van der Waals surface area (Å²) in [6.07, 6.45) is 2.69. The van der Waals surface area contributed by atoms with Gasteiger partial charge in [0.1, 0.15) is 0 Å². The fourth-order valence-corrected chi connectivity index (χ4v) is 10.8. The third kappa shape index (κ3) is 5.85. The van der Waals surface area contributed by atoms with E-state index in [1.165, 1.54) is 0 Å². The second-order valence-corrected chi connectivity index (χ2v) is 17.7. The number of anilines is 2. The van der Waals surface area contributed by atoms with Crippen LogP contribution in [-0.2, 0) is 31.3 Å². The smallest absolute Gasteiger partial charge is 0.264 e. The molecule has 3 amide bonds. The Morgan fingerprint density at radius 2 is 1.91 bits per heavy atom. The molecule has 242 valence electrons. The van der Waals surface area contributed by atoms with E-state index in [0.717, 1.165) is 37.8 Å². The molecule has 1 spiro atoms. The average Bonchev–Trinajstić information content (AvgIpc) is 3.68. The Kier molecular flexibility index (Phi) is 8.92. The van der Waals surface area contributed by atoms with Crippen molar-refractivity contribution in [3.8, 4) is 0 Å². The maximum atomic E-state index is 14.8. The number of fused-ring (bicyclic) bond motifs is 2. The Hall–Kier alpha value is -3.09. The standard InChI is InChI=1S/C34H46N4O6Si/c1-22-31(45(2,3)43)29(18-30(40)37-16-8-12-26(37)21-39)44-34(22)27-17-25(36-32(41)24-11-7-15-35-19-24)13-14-28(27)38(33(34)42)20-23-9-5-4-6-10-23/h4-6,9-10,13-14,17,22,24,26,29,31,35,39,43H,7-8,11-12,15-16,18-21H2,1-3H3,(H,36,41)/t22-,24?,26-,29+,31-,34+/m0/s1. The monoisotopic (exact) mass is 634 g/mol. The summed E-state index contributed by atoms with van der Waals surface area (Å²) in [6, 6.07) is 15.1. The molecular formula is C34H46N4O6Si. The van der Waals surface area contributed by atoms with Gasteiger partial charge < -0.3 is 35.1 Å². The number of carbonyl (C=O) groups is 3. The van der Waals surface area contributed by atoms with E-state index in [2.05, 4.69) is 10.6 Å². The van der Waals surface area contributed by atoms with Gasteiger partial charge in [-0.2, -0.15) is 0 Å². The van der Waals surface area contributed by atoms with Crippen LogP contribution in [0.5, 0.6) is 0 Å². The minimum absolute atomic E-state index is 0.0245. The van der Waals surface area contributed by atoms with Crippen molar-refractivity contribution in [1.29, 1.82) is 0 Å². The van der Waals surface area contributed by atoms with E-state index in [9.17, 15) is 24.3 Å². The predicted molar refractivity (Wildman–Crippen MR) is 174 cm³/mol. The van der Waals surface area contributed by atoms with Crippen molar-refractivity contribution in [1.82, 2.24) is 10.2 Å². The van der Waals surface area contributed by atoms with Crippen LogP contribution in [0.1, 0.15) is 50.2 Å². The van der Waals surface area contributed by atoms with Gasteiger partial charge in [-0.3, -0.25) is 14.4 Å². The van der Waals surface area contributed by atoms with E-state index in [-0.39, 0.29) is 42.7 Å². The van der Waals surface area contributed by atoms with E-state index in [1.54, 1.807) is 9.80 Å². The first-order valence-corrected chi connectivity index (χ1v) is 19.4. The fourth-order valence-electron chi connectivity index (χ4n) is 8.24. The highest BCUT2D eigenvalue weighted by Gasteiger charge is 2.66. The van der Waals surface area contributed by atoms with E-state index >= 15 is 0 Å². The van der Waals surface area contributed by atoms with Crippen molar-refractivity contribution < 1.29 is 29.0 Å². The number of likely N-dealkylation sites (tertiary alicyclic amines) is 1. The van der Waals surface area contributed by atoms with Gasteiger partial charge in [0.2, 0.25) is 11.8 Å². The van der Waals surface area contributed by atoms with Crippen molar-refractivity contribution in [2.45, 2.75) is 82.0 Å². The maximum absolute atomic E-state index is 14.8. The third-order valence-electron chi connectivity index (χ3n) is 10.4. The Morgan fingerprint density at radius 3 is 2.60 bits per heavy atom. The number of aliphatic hydroxyl groups is 1. The van der Waals surface area contributed by atoms with Crippen LogP contribution in [0.3, 0.4) is 0 Å². The first-order chi connectivity index (χ1) is 21.5. The van der Waals surface area contributed by atoms with E-state index in [1.807, 2.05) is 68.5 Å². The quantitative estimate of drug-likeness (QED) is 0.328. The number of aliphatic hydroxyl groups excluding tert-OH is 1. The molecule has 3 fully saturated rings. The highest BCUT2D eigenvalue weighted by Crippen LogP contribution is 2.60. The summed E-state index contributed by atoms with van der Waals surface area (Å²) >= 11 is 0. The highest BCUT2D eigenvalue weighted by atomic mass is 28.4. The van der Waals surface area contributed by atoms with Crippen LogP contribution < -0.4 is 15.5 Å². The molecule has 0 radical (unpaired) electrons. The van der Waals surface area contributed by atoms with Gasteiger partial charge in [-0.25, -0.2) is 0 Å². The number of ether oxygens (including phenoxy) is 1. The predicted octanol–water partition coefficient (Wildman–Crippen LogP) is 3.34. The summed E-state index contributed by atoms with van der Waals surface area (Å²) < 4.78 is 6.89. The molecule has 11 heteroatoms. The number of rotatable bonds is 8. The Balaban J connectivity index is 1.38. The number of hydrogen-bond donors (Lipinski definition) is 4. The Bertz CT molecular complexity index is 1430. The van der Waals surface area contributed by atoms with Crippen molar-refractivity contribution in [2.24, 2.45) is 11.8 Å². The van der Waals surface area contributed by atoms with Crippen LogP contribution in [0, 0.1) is 11.8 Å². The summed E-state index contributed by atoms with van der Waals surface area (Å²) in [4.78, 5) is 56.7. The second-order valence-electron chi connectivity index (χ2n) is 13.8. The fraction of sp³-hybridized carbons (Fsp3) is 0.559. The average molecular weight is 635 g/mol. The van der Waals surface area contributed by atoms with E-state index in [4.69, 9.17) is 4.74 Å². The van der Waals surface area contributed by atoms with Gasteiger partial charge in [-0.1, -0.05) is 37.3 Å². The largest absolute Gasteiger partial charge is 0.432 e. The van der Waals surface area contributed by atoms with Crippen LogP contribution in [0.15, 0.2) is 48.5 Å². The molecular weight excluding hydrogens is 588 g/mol. The van der Waals surface area contributed by atoms with Crippen molar-refractivity contribution in [3.63, 3.8) is 0 Å². The molecule has 4 N–H and O–H groups in total. The number of piperidine rings is 1. The number of amides is 3. The van der Waals surface area contributed by atoms with Crippen molar-refractivity contribution in [2.75, 3.05) is 36.5 Å². The van der Waals surface area contributed by atoms with Gasteiger partial charge in [0, 0.05) is 35.8 Å². The number of nitrogens with one attached hydrogen (secondary N) is 2. The molecule has 1 unspecified atom stereocenters. The van der Waals surface area contributed by atoms with Crippen LogP contribution in [0.2, 0.25) is 18.6 Å². The molecule has 3 saturated heterocycles. The van der Waals surface area contributed by atoms with Gasteiger partial charge in [-0.15, -0.1) is 0 Å². The van der Waals surface area contributed by atoms with Gasteiger partial charge in [0.25, 0.3) is 5.91 Å². The molecule has 4 aliphatic heterocycles. The normalized spacial score (nSPS) is 29.8. The lowest BCUT2D eigenvalue weighted by Gasteiger charge is -2.33. The maximum Gasteiger partial charge on any atom is 0.264 e. The number of hydrogen-bond acceptors (Lipinski definition) is 7. The zero-order valence-corrected chi connectivity index (χ0v) is 27.5. The van der Waals surface area contributed by atoms with E-state index in [0.29, 0.717) is 36.6 Å². The summed E-state index contributed by atoms with van der Waals surface area (Å²) in [6.45, 7) is 8.01. The first-order valence-electron chi connectivity index (χ1n) is 16.4. The first kappa shape index (κ1) is 31.9. The summed E-state index contributed by atoms with van der Waals surface area (Å²) in [5.74, 6) is -0.974. The van der Waals surface area contributed by atoms with Gasteiger partial charge in [0.05, 0.1) is 43.3 Å². The number of nitrogens with zero attached hydrogens (tertiary/aromatic N) is 2. The second kappa shape index (κ2) is 12.6. The van der Waals surface area contributed by atoms with Gasteiger partial charge in [-0.05, 0) is 69.1 Å². The van der Waals surface area contributed by atoms with Gasteiger partial charge >= 0.3 is 0 Å². The molecule has 2 aromatic rings. The molecule has 45 heavy (non-hydrogen) atoms. The van der Waals surface area contributed by atoms with Crippen LogP contribution in [0.4, 0.5) is 11.4 Å². The molecule has 2 aromatic carbocycles. The Morgan fingerprint density at radius 1 is 1.13 bits per heavy atom. The van der Waals surface area contributed by atoms with Crippen LogP contribution >= 0.6 is 0 Å². The molecule has 10 nitrogen and oxygen atoms in total. The molecule has 0 bridgehead atoms. The Labute approximate surface area is 266 Å². The van der Waals surface area contributed by atoms with Crippen molar-refractivity contribution >= 4 is 37.4 Å². The molecule has 6 rings (SSSR count). The van der Waals surface area contributed by atoms with Crippen LogP contribution in [-0.4, -0.2) is 79.2 Å². The molecule has 0 aromatic heterocycles.